The first-order valence-corrected chi connectivity index (χ1v) is 15.1. The van der Waals surface area contributed by atoms with E-state index in [0.29, 0.717) is 23.1 Å². The second kappa shape index (κ2) is 9.89. The summed E-state index contributed by atoms with van der Waals surface area (Å²) in [5.74, 6) is 2.41. The molecule has 1 amide bonds. The lowest BCUT2D eigenvalue weighted by atomic mass is 10.1. The largest absolute Gasteiger partial charge is 0.494 e. The number of aliphatic hydroxyl groups excluding tert-OH is 1. The van der Waals surface area contributed by atoms with Gasteiger partial charge in [-0.1, -0.05) is 6.07 Å². The zero-order chi connectivity index (χ0) is 29.4. The molecule has 2 aliphatic carbocycles. The number of nitrogens with two attached hydrogens (primary N) is 1. The van der Waals surface area contributed by atoms with Crippen molar-refractivity contribution in [1.82, 2.24) is 29.0 Å². The summed E-state index contributed by atoms with van der Waals surface area (Å²) in [5, 5.41) is 10.4. The normalized spacial score (nSPS) is 21.4. The van der Waals surface area contributed by atoms with Gasteiger partial charge in [0.2, 0.25) is 0 Å². The second-order valence-corrected chi connectivity index (χ2v) is 12.4. The van der Waals surface area contributed by atoms with E-state index in [0.717, 1.165) is 76.5 Å². The van der Waals surface area contributed by atoms with Crippen molar-refractivity contribution in [2.75, 3.05) is 13.7 Å². The van der Waals surface area contributed by atoms with Gasteiger partial charge in [0, 0.05) is 49.4 Å². The molecule has 0 radical (unpaired) electrons. The summed E-state index contributed by atoms with van der Waals surface area (Å²) in [4.78, 5) is 30.3. The van der Waals surface area contributed by atoms with E-state index >= 15 is 0 Å². The first-order chi connectivity index (χ1) is 20.9. The van der Waals surface area contributed by atoms with Crippen LogP contribution in [0.25, 0.3) is 45.0 Å². The van der Waals surface area contributed by atoms with Crippen molar-refractivity contribution >= 4 is 28.0 Å². The van der Waals surface area contributed by atoms with E-state index in [9.17, 15) is 9.90 Å². The molecule has 3 aliphatic rings. The topological polar surface area (TPSA) is 124 Å². The van der Waals surface area contributed by atoms with Crippen LogP contribution in [0.1, 0.15) is 41.6 Å². The van der Waals surface area contributed by atoms with Gasteiger partial charge in [0.25, 0.3) is 5.91 Å². The van der Waals surface area contributed by atoms with Crippen LogP contribution in [0.5, 0.6) is 5.75 Å². The number of benzene rings is 1. The Morgan fingerprint density at radius 2 is 1.91 bits per heavy atom. The van der Waals surface area contributed by atoms with Gasteiger partial charge in [-0.05, 0) is 79.5 Å². The molecular formula is C33H35N7O3. The summed E-state index contributed by atoms with van der Waals surface area (Å²) in [7, 11) is 3.64. The average Bonchev–Trinajstić information content (AvgIpc) is 3.44. The van der Waals surface area contributed by atoms with Gasteiger partial charge in [0.15, 0.2) is 5.82 Å². The van der Waals surface area contributed by atoms with Crippen LogP contribution >= 0.6 is 0 Å². The van der Waals surface area contributed by atoms with E-state index < -0.39 is 0 Å². The van der Waals surface area contributed by atoms with Gasteiger partial charge in [-0.2, -0.15) is 0 Å². The third-order valence-electron chi connectivity index (χ3n) is 9.70. The predicted octanol–water partition coefficient (Wildman–Crippen LogP) is 4.12. The van der Waals surface area contributed by atoms with E-state index in [1.807, 2.05) is 42.3 Å². The molecule has 5 heterocycles. The first kappa shape index (κ1) is 26.4. The van der Waals surface area contributed by atoms with Crippen molar-refractivity contribution in [3.63, 3.8) is 0 Å². The number of carbonyl (C=O) groups excluding carboxylic acids is 1. The van der Waals surface area contributed by atoms with Gasteiger partial charge in [-0.15, -0.1) is 0 Å². The van der Waals surface area contributed by atoms with Crippen LogP contribution in [0.15, 0.2) is 48.7 Å². The molecule has 3 atom stereocenters. The van der Waals surface area contributed by atoms with Crippen LogP contribution in [0.4, 0.5) is 0 Å². The fourth-order valence-electron chi connectivity index (χ4n) is 7.13. The number of aryl methyl sites for hydroxylation is 1. The Hall–Kier alpha value is -4.28. The molecule has 1 aliphatic heterocycles. The number of aromatic nitrogens is 5. The number of nitrogens with zero attached hydrogens (tertiary/aromatic N) is 6. The average molecular weight is 578 g/mol. The maximum absolute atomic E-state index is 13.7. The fourth-order valence-corrected chi connectivity index (χ4v) is 7.13. The molecule has 3 N–H and O–H groups in total. The Morgan fingerprint density at radius 1 is 1.07 bits per heavy atom. The summed E-state index contributed by atoms with van der Waals surface area (Å²) < 4.78 is 10.2. The van der Waals surface area contributed by atoms with Crippen LogP contribution in [-0.2, 0) is 20.2 Å². The lowest BCUT2D eigenvalue weighted by Gasteiger charge is -2.27. The summed E-state index contributed by atoms with van der Waals surface area (Å²) in [5.41, 5.74) is 12.7. The summed E-state index contributed by atoms with van der Waals surface area (Å²) in [6.07, 6.45) is 6.15. The highest BCUT2D eigenvalue weighted by Crippen LogP contribution is 2.40. The first-order valence-electron chi connectivity index (χ1n) is 15.1. The zero-order valence-electron chi connectivity index (χ0n) is 24.4. The van der Waals surface area contributed by atoms with Crippen molar-refractivity contribution < 1.29 is 14.6 Å². The summed E-state index contributed by atoms with van der Waals surface area (Å²) in [6, 6.07) is 13.9. The standard InChI is InChI=1S/C33H35N7O3/c1-38-30-25(11-22(13-28(30)43-2)33(42)40-16-21-7-10-26(40)29(21)34)37-32(38)27-12-20-6-9-24(23-8-5-19(17-41)14-35-23)36-31(20)39(27)15-18-3-4-18/h5-6,8-9,11-14,18,21,26,29,41H,3-4,7,10,15-17,34H2,1-2H3. The van der Waals surface area contributed by atoms with Crippen LogP contribution < -0.4 is 10.5 Å². The van der Waals surface area contributed by atoms with Gasteiger partial charge < -0.3 is 29.6 Å². The minimum atomic E-state index is -0.0425. The van der Waals surface area contributed by atoms with Crippen molar-refractivity contribution in [3.05, 3.63) is 59.8 Å². The fraction of sp³-hybridized carbons (Fsp3) is 0.394. The van der Waals surface area contributed by atoms with Gasteiger partial charge in [-0.3, -0.25) is 9.78 Å². The van der Waals surface area contributed by atoms with Crippen molar-refractivity contribution in [3.8, 4) is 28.7 Å². The van der Waals surface area contributed by atoms with Gasteiger partial charge in [-0.25, -0.2) is 9.97 Å². The molecule has 2 saturated carbocycles. The summed E-state index contributed by atoms with van der Waals surface area (Å²) in [6.45, 7) is 1.53. The van der Waals surface area contributed by atoms with Crippen LogP contribution in [0, 0.1) is 11.8 Å². The Morgan fingerprint density at radius 3 is 2.58 bits per heavy atom. The molecule has 220 valence electrons. The smallest absolute Gasteiger partial charge is 0.254 e. The van der Waals surface area contributed by atoms with E-state index in [4.69, 9.17) is 20.4 Å². The predicted molar refractivity (Wildman–Crippen MR) is 163 cm³/mol. The number of methoxy groups -OCH3 is 1. The number of amides is 1. The number of aliphatic hydroxyl groups is 1. The number of likely N-dealkylation sites (tertiary alicyclic amines) is 1. The molecule has 43 heavy (non-hydrogen) atoms. The van der Waals surface area contributed by atoms with Crippen LogP contribution in [-0.4, -0.2) is 65.7 Å². The lowest BCUT2D eigenvalue weighted by Crippen LogP contribution is -2.41. The Balaban J connectivity index is 1.23. The Labute approximate surface area is 249 Å². The molecule has 10 nitrogen and oxygen atoms in total. The molecule has 1 aromatic carbocycles. The number of rotatable bonds is 7. The van der Waals surface area contributed by atoms with Crippen LogP contribution in [0.2, 0.25) is 0 Å². The molecule has 3 fully saturated rings. The Kier molecular flexibility index (Phi) is 6.06. The number of piperidine rings is 1. The maximum atomic E-state index is 13.7. The van der Waals surface area contributed by atoms with Crippen molar-refractivity contribution in [2.45, 2.75) is 50.9 Å². The number of carbonyl (C=O) groups is 1. The quantitative estimate of drug-likeness (QED) is 0.298. The molecule has 1 saturated heterocycles. The van der Waals surface area contributed by atoms with E-state index in [1.165, 1.54) is 12.8 Å². The minimum Gasteiger partial charge on any atom is -0.494 e. The van der Waals surface area contributed by atoms with E-state index in [1.54, 1.807) is 13.3 Å². The minimum absolute atomic E-state index is 0.00439. The number of ether oxygens (including phenoxy) is 1. The highest BCUT2D eigenvalue weighted by molar-refractivity contribution is 6.00. The number of hydrogen-bond acceptors (Lipinski definition) is 7. The number of imidazole rings is 1. The van der Waals surface area contributed by atoms with E-state index in [-0.39, 0.29) is 24.6 Å². The second-order valence-electron chi connectivity index (χ2n) is 12.4. The highest BCUT2D eigenvalue weighted by atomic mass is 16.5. The molecule has 2 bridgehead atoms. The molecule has 10 heteroatoms. The monoisotopic (exact) mass is 577 g/mol. The third-order valence-corrected chi connectivity index (χ3v) is 9.70. The van der Waals surface area contributed by atoms with Crippen molar-refractivity contribution in [2.24, 2.45) is 24.6 Å². The molecule has 8 rings (SSSR count). The number of fused-ring (bicyclic) bond motifs is 4. The maximum Gasteiger partial charge on any atom is 0.254 e. The molecule has 5 aromatic rings. The molecule has 3 unspecified atom stereocenters. The highest BCUT2D eigenvalue weighted by Gasteiger charge is 2.47. The number of pyridine rings is 2. The molecular weight excluding hydrogens is 542 g/mol. The summed E-state index contributed by atoms with van der Waals surface area (Å²) >= 11 is 0. The van der Waals surface area contributed by atoms with Gasteiger partial charge in [0.05, 0.1) is 36.3 Å². The Bertz CT molecular complexity index is 1890. The lowest BCUT2D eigenvalue weighted by molar-refractivity contribution is 0.0700. The van der Waals surface area contributed by atoms with Crippen molar-refractivity contribution in [1.29, 1.82) is 0 Å². The molecule has 0 spiro atoms. The van der Waals surface area contributed by atoms with Gasteiger partial charge >= 0.3 is 0 Å². The number of hydrogen-bond donors (Lipinski definition) is 2. The SMILES string of the molecule is COc1cc(C(=O)N2CC3CCC2C3N)cc2nc(-c3cc4ccc(-c5ccc(CO)cn5)nc4n3CC3CC3)n(C)c12. The third kappa shape index (κ3) is 4.23. The van der Waals surface area contributed by atoms with E-state index in [2.05, 4.69) is 26.3 Å². The van der Waals surface area contributed by atoms with Crippen LogP contribution in [0.3, 0.4) is 0 Å². The zero-order valence-corrected chi connectivity index (χ0v) is 24.4. The molecule has 4 aromatic heterocycles. The van der Waals surface area contributed by atoms with Gasteiger partial charge in [0.1, 0.15) is 16.9 Å².